The smallest absolute Gasteiger partial charge is 0.156 e. The molecule has 0 atom stereocenters. The minimum absolute atomic E-state index is 0.407. The first kappa shape index (κ1) is 14.4. The molecule has 2 aromatic heterocycles. The topological polar surface area (TPSA) is 77.8 Å². The Morgan fingerprint density at radius 1 is 1.30 bits per heavy atom. The number of aromatic nitrogens is 5. The van der Waals surface area contributed by atoms with Crippen molar-refractivity contribution in [2.24, 2.45) is 0 Å². The molecule has 0 aliphatic carbocycles. The van der Waals surface area contributed by atoms with E-state index in [1.807, 2.05) is 31.5 Å². The highest BCUT2D eigenvalue weighted by molar-refractivity contribution is 5.36. The van der Waals surface area contributed by atoms with Gasteiger partial charge in [0.15, 0.2) is 5.82 Å². The maximum Gasteiger partial charge on any atom is 0.156 e. The molecule has 0 saturated heterocycles. The first-order valence-corrected chi connectivity index (χ1v) is 6.60. The summed E-state index contributed by atoms with van der Waals surface area (Å²) in [6.07, 6.45) is 0. The molecule has 0 spiro atoms. The Balaban J connectivity index is 2.12. The summed E-state index contributed by atoms with van der Waals surface area (Å²) in [5.74, 6) is 1.46. The zero-order chi connectivity index (χ0) is 14.5. The van der Waals surface area contributed by atoms with Crippen LogP contribution in [-0.4, -0.2) is 32.1 Å². The van der Waals surface area contributed by atoms with Gasteiger partial charge in [0, 0.05) is 25.4 Å². The average molecular weight is 276 g/mol. The Hall–Kier alpha value is -2.02. The fourth-order valence-electron chi connectivity index (χ4n) is 1.98. The van der Waals surface area contributed by atoms with Crippen molar-refractivity contribution in [2.75, 3.05) is 12.4 Å². The monoisotopic (exact) mass is 276 g/mol. The van der Waals surface area contributed by atoms with Gasteiger partial charge in [0.25, 0.3) is 0 Å². The fraction of sp³-hybridized carbons (Fsp3) is 0.538. The second-order valence-corrected chi connectivity index (χ2v) is 4.53. The number of hydrogen-bond donors (Lipinski definition) is 1. The number of hydrogen-bond acceptors (Lipinski definition) is 6. The molecular weight excluding hydrogens is 256 g/mol. The lowest BCUT2D eigenvalue weighted by atomic mass is 10.3. The molecule has 108 valence electrons. The van der Waals surface area contributed by atoms with E-state index in [0.29, 0.717) is 19.0 Å². The molecule has 0 aliphatic heterocycles. The van der Waals surface area contributed by atoms with Crippen LogP contribution < -0.4 is 5.32 Å². The molecule has 7 heteroatoms. The molecule has 0 fully saturated rings. The van der Waals surface area contributed by atoms with E-state index in [-0.39, 0.29) is 0 Å². The first-order valence-electron chi connectivity index (χ1n) is 6.60. The molecule has 0 aromatic carbocycles. The van der Waals surface area contributed by atoms with Gasteiger partial charge in [-0.1, -0.05) is 5.21 Å². The maximum atomic E-state index is 5.07. The number of rotatable bonds is 6. The largest absolute Gasteiger partial charge is 0.377 e. The average Bonchev–Trinajstić information content (AvgIpc) is 2.77. The minimum atomic E-state index is 0.407. The van der Waals surface area contributed by atoms with Gasteiger partial charge in [-0.15, -0.1) is 5.10 Å². The Morgan fingerprint density at radius 2 is 2.10 bits per heavy atom. The van der Waals surface area contributed by atoms with Gasteiger partial charge in [-0.3, -0.25) is 0 Å². The van der Waals surface area contributed by atoms with Crippen LogP contribution in [0.25, 0.3) is 0 Å². The van der Waals surface area contributed by atoms with E-state index >= 15 is 0 Å². The quantitative estimate of drug-likeness (QED) is 0.860. The zero-order valence-electron chi connectivity index (χ0n) is 12.3. The van der Waals surface area contributed by atoms with E-state index < -0.39 is 0 Å². The summed E-state index contributed by atoms with van der Waals surface area (Å²) in [4.78, 5) is 8.72. The summed E-state index contributed by atoms with van der Waals surface area (Å²) in [5, 5.41) is 11.5. The summed E-state index contributed by atoms with van der Waals surface area (Å²) < 4.78 is 6.95. The van der Waals surface area contributed by atoms with E-state index in [9.17, 15) is 0 Å². The van der Waals surface area contributed by atoms with Crippen LogP contribution in [0, 0.1) is 13.8 Å². The van der Waals surface area contributed by atoms with Gasteiger partial charge in [0.2, 0.25) is 0 Å². The maximum absolute atomic E-state index is 5.07. The fourth-order valence-corrected chi connectivity index (χ4v) is 1.98. The Morgan fingerprint density at radius 3 is 2.80 bits per heavy atom. The van der Waals surface area contributed by atoms with E-state index in [4.69, 9.17) is 4.74 Å². The van der Waals surface area contributed by atoms with E-state index in [1.165, 1.54) is 0 Å². The van der Waals surface area contributed by atoms with E-state index in [1.54, 1.807) is 7.11 Å². The van der Waals surface area contributed by atoms with Crippen molar-refractivity contribution in [3.05, 3.63) is 29.0 Å². The SMILES string of the molecule is CCn1nnc(C)c1CNc1cc(C)nc(COC)n1. The number of aryl methyl sites for hydroxylation is 3. The lowest BCUT2D eigenvalue weighted by Crippen LogP contribution is -2.11. The predicted molar refractivity (Wildman–Crippen MR) is 75.2 cm³/mol. The van der Waals surface area contributed by atoms with Crippen molar-refractivity contribution in [2.45, 2.75) is 40.5 Å². The lowest BCUT2D eigenvalue weighted by Gasteiger charge is -2.09. The van der Waals surface area contributed by atoms with Crippen LogP contribution in [0.4, 0.5) is 5.82 Å². The molecule has 0 bridgehead atoms. The molecule has 0 aliphatic rings. The highest BCUT2D eigenvalue weighted by atomic mass is 16.5. The molecule has 2 heterocycles. The number of ether oxygens (including phenoxy) is 1. The highest BCUT2D eigenvalue weighted by Crippen LogP contribution is 2.10. The van der Waals surface area contributed by atoms with Crippen molar-refractivity contribution in [3.63, 3.8) is 0 Å². The van der Waals surface area contributed by atoms with Gasteiger partial charge < -0.3 is 10.1 Å². The molecule has 0 amide bonds. The lowest BCUT2D eigenvalue weighted by molar-refractivity contribution is 0.177. The van der Waals surface area contributed by atoms with Crippen molar-refractivity contribution >= 4 is 5.82 Å². The van der Waals surface area contributed by atoms with Gasteiger partial charge in [-0.2, -0.15) is 0 Å². The third-order valence-corrected chi connectivity index (χ3v) is 2.94. The number of methoxy groups -OCH3 is 1. The minimum Gasteiger partial charge on any atom is -0.377 e. The molecule has 7 nitrogen and oxygen atoms in total. The number of nitrogens with one attached hydrogen (secondary N) is 1. The van der Waals surface area contributed by atoms with Crippen LogP contribution in [0.1, 0.15) is 29.8 Å². The van der Waals surface area contributed by atoms with Gasteiger partial charge >= 0.3 is 0 Å². The van der Waals surface area contributed by atoms with E-state index in [2.05, 4.69) is 25.6 Å². The number of nitrogens with zero attached hydrogens (tertiary/aromatic N) is 5. The summed E-state index contributed by atoms with van der Waals surface area (Å²) in [6.45, 7) is 7.78. The van der Waals surface area contributed by atoms with Crippen LogP contribution >= 0.6 is 0 Å². The normalized spacial score (nSPS) is 10.8. The zero-order valence-corrected chi connectivity index (χ0v) is 12.3. The molecular formula is C13H20N6O. The second-order valence-electron chi connectivity index (χ2n) is 4.53. The predicted octanol–water partition coefficient (Wildman–Crippen LogP) is 1.46. The van der Waals surface area contributed by atoms with Crippen molar-refractivity contribution in [1.82, 2.24) is 25.0 Å². The number of anilines is 1. The van der Waals surface area contributed by atoms with Gasteiger partial charge in [0.05, 0.1) is 17.9 Å². The van der Waals surface area contributed by atoms with Crippen LogP contribution in [0.2, 0.25) is 0 Å². The Kier molecular flexibility index (Phi) is 4.62. The molecule has 1 N–H and O–H groups in total. The highest BCUT2D eigenvalue weighted by Gasteiger charge is 2.08. The van der Waals surface area contributed by atoms with Crippen LogP contribution in [0.15, 0.2) is 6.07 Å². The molecule has 0 saturated carbocycles. The molecule has 20 heavy (non-hydrogen) atoms. The van der Waals surface area contributed by atoms with Crippen molar-refractivity contribution < 1.29 is 4.74 Å². The standard InChI is InChI=1S/C13H20N6O/c1-5-19-11(10(3)17-18-19)7-14-12-6-9(2)15-13(16-12)8-20-4/h6H,5,7-8H2,1-4H3,(H,14,15,16). The van der Waals surface area contributed by atoms with Crippen molar-refractivity contribution in [1.29, 1.82) is 0 Å². The van der Waals surface area contributed by atoms with Crippen molar-refractivity contribution in [3.8, 4) is 0 Å². The van der Waals surface area contributed by atoms with Crippen LogP contribution in [-0.2, 0) is 24.4 Å². The summed E-state index contributed by atoms with van der Waals surface area (Å²) in [7, 11) is 1.63. The molecule has 0 unspecified atom stereocenters. The van der Waals surface area contributed by atoms with Crippen LogP contribution in [0.5, 0.6) is 0 Å². The first-order chi connectivity index (χ1) is 9.63. The second kappa shape index (κ2) is 6.42. The third kappa shape index (κ3) is 3.30. The third-order valence-electron chi connectivity index (χ3n) is 2.94. The van der Waals surface area contributed by atoms with Gasteiger partial charge in [-0.25, -0.2) is 14.6 Å². The molecule has 2 aromatic rings. The molecule has 2 rings (SSSR count). The van der Waals surface area contributed by atoms with Gasteiger partial charge in [0.1, 0.15) is 12.4 Å². The van der Waals surface area contributed by atoms with E-state index in [0.717, 1.165) is 29.4 Å². The Bertz CT molecular complexity index is 580. The summed E-state index contributed by atoms with van der Waals surface area (Å²) in [5.41, 5.74) is 2.91. The molecule has 0 radical (unpaired) electrons. The summed E-state index contributed by atoms with van der Waals surface area (Å²) in [6, 6.07) is 1.91. The van der Waals surface area contributed by atoms with Crippen LogP contribution in [0.3, 0.4) is 0 Å². The Labute approximate surface area is 118 Å². The van der Waals surface area contributed by atoms with Gasteiger partial charge in [-0.05, 0) is 20.8 Å². The summed E-state index contributed by atoms with van der Waals surface area (Å²) >= 11 is 0.